The van der Waals surface area contributed by atoms with Gasteiger partial charge in [-0.1, -0.05) is 0 Å². The third-order valence-corrected chi connectivity index (χ3v) is 3.46. The summed E-state index contributed by atoms with van der Waals surface area (Å²) >= 11 is 0. The van der Waals surface area contributed by atoms with Gasteiger partial charge in [0.25, 0.3) is 0 Å². The molecule has 0 fully saturated rings. The van der Waals surface area contributed by atoms with Crippen LogP contribution in [0, 0.1) is 33.1 Å². The van der Waals surface area contributed by atoms with Crippen LogP contribution in [0.2, 0.25) is 0 Å². The maximum Gasteiger partial charge on any atom is 0.310 e. The van der Waals surface area contributed by atoms with Gasteiger partial charge in [-0.05, 0) is 0 Å². The lowest BCUT2D eigenvalue weighted by molar-refractivity contribution is -0.387. The molecular formula is C13H9F2N5O3. The number of hydrogen-bond donors (Lipinski definition) is 1. The van der Waals surface area contributed by atoms with E-state index in [-0.39, 0.29) is 18.8 Å². The SMILES string of the molecule is N#CC(c1cnc[nH]1)N1CCOc2c1cc([N+](=O)[O-])c(F)c2F. The van der Waals surface area contributed by atoms with E-state index in [1.807, 2.05) is 6.07 Å². The molecule has 1 N–H and O–H groups in total. The van der Waals surface area contributed by atoms with Crippen molar-refractivity contribution in [1.82, 2.24) is 9.97 Å². The van der Waals surface area contributed by atoms with Crippen LogP contribution in [-0.2, 0) is 0 Å². The second kappa shape index (κ2) is 5.53. The van der Waals surface area contributed by atoms with Crippen LogP contribution in [0.4, 0.5) is 20.2 Å². The summed E-state index contributed by atoms with van der Waals surface area (Å²) in [6.07, 6.45) is 2.78. The smallest absolute Gasteiger partial charge is 0.310 e. The van der Waals surface area contributed by atoms with Crippen LogP contribution in [0.25, 0.3) is 0 Å². The van der Waals surface area contributed by atoms with Gasteiger partial charge in [-0.15, -0.1) is 0 Å². The Morgan fingerprint density at radius 1 is 1.52 bits per heavy atom. The van der Waals surface area contributed by atoms with Crippen LogP contribution in [0.1, 0.15) is 11.7 Å². The highest BCUT2D eigenvalue weighted by Gasteiger charge is 2.34. The Hall–Kier alpha value is -3.22. The molecule has 0 aliphatic carbocycles. The van der Waals surface area contributed by atoms with E-state index in [0.717, 1.165) is 6.07 Å². The second-order valence-electron chi connectivity index (χ2n) is 4.71. The van der Waals surface area contributed by atoms with Gasteiger partial charge in [-0.2, -0.15) is 14.0 Å². The number of nitro groups is 1. The lowest BCUT2D eigenvalue weighted by Gasteiger charge is -2.33. The molecule has 0 bridgehead atoms. The van der Waals surface area contributed by atoms with Crippen LogP contribution in [-0.4, -0.2) is 28.0 Å². The summed E-state index contributed by atoms with van der Waals surface area (Å²) in [5.41, 5.74) is -0.645. The van der Waals surface area contributed by atoms with Crippen LogP contribution < -0.4 is 9.64 Å². The number of imidazole rings is 1. The molecule has 118 valence electrons. The van der Waals surface area contributed by atoms with Gasteiger partial charge in [0, 0.05) is 6.07 Å². The van der Waals surface area contributed by atoms with Crippen molar-refractivity contribution in [1.29, 1.82) is 5.26 Å². The summed E-state index contributed by atoms with van der Waals surface area (Å²) in [6.45, 7) is 0.181. The Labute approximate surface area is 128 Å². The van der Waals surface area contributed by atoms with Crippen LogP contribution >= 0.6 is 0 Å². The van der Waals surface area contributed by atoms with E-state index in [4.69, 9.17) is 4.74 Å². The van der Waals surface area contributed by atoms with Gasteiger partial charge in [-0.3, -0.25) is 10.1 Å². The number of H-pyrrole nitrogens is 1. The molecule has 1 aromatic heterocycles. The fraction of sp³-hybridized carbons (Fsp3) is 0.231. The Morgan fingerprint density at radius 2 is 2.30 bits per heavy atom. The molecule has 0 saturated carbocycles. The van der Waals surface area contributed by atoms with Gasteiger partial charge in [0.1, 0.15) is 6.61 Å². The number of anilines is 1. The highest BCUT2D eigenvalue weighted by Crippen LogP contribution is 2.42. The molecule has 2 aromatic rings. The van der Waals surface area contributed by atoms with Crippen LogP contribution in [0.3, 0.4) is 0 Å². The number of hydrogen-bond acceptors (Lipinski definition) is 6. The van der Waals surface area contributed by atoms with Gasteiger partial charge in [0.2, 0.25) is 11.6 Å². The van der Waals surface area contributed by atoms with Gasteiger partial charge < -0.3 is 14.6 Å². The molecule has 2 heterocycles. The number of rotatable bonds is 3. The van der Waals surface area contributed by atoms with E-state index in [0.29, 0.717) is 5.69 Å². The molecule has 0 amide bonds. The largest absolute Gasteiger partial charge is 0.486 e. The Kier molecular flexibility index (Phi) is 3.53. The second-order valence-corrected chi connectivity index (χ2v) is 4.71. The van der Waals surface area contributed by atoms with Crippen molar-refractivity contribution in [3.05, 3.63) is 46.0 Å². The van der Waals surface area contributed by atoms with Crippen molar-refractivity contribution in [2.24, 2.45) is 0 Å². The van der Waals surface area contributed by atoms with Crippen molar-refractivity contribution >= 4 is 11.4 Å². The molecule has 0 spiro atoms. The summed E-state index contributed by atoms with van der Waals surface area (Å²) in [5.74, 6) is -3.48. The predicted molar refractivity (Wildman–Crippen MR) is 72.8 cm³/mol. The molecule has 0 radical (unpaired) electrons. The quantitative estimate of drug-likeness (QED) is 0.684. The fourth-order valence-electron chi connectivity index (χ4n) is 2.42. The molecule has 10 heteroatoms. The third-order valence-electron chi connectivity index (χ3n) is 3.46. The summed E-state index contributed by atoms with van der Waals surface area (Å²) in [7, 11) is 0. The number of aromatic amines is 1. The van der Waals surface area contributed by atoms with E-state index in [9.17, 15) is 24.2 Å². The van der Waals surface area contributed by atoms with Gasteiger partial charge in [-0.25, -0.2) is 4.98 Å². The molecule has 1 aromatic carbocycles. The minimum absolute atomic E-state index is 0.00743. The molecular weight excluding hydrogens is 312 g/mol. The number of halogens is 2. The molecule has 1 aliphatic rings. The summed E-state index contributed by atoms with van der Waals surface area (Å²) in [6, 6.07) is 1.98. The number of nitriles is 1. The number of nitrogens with zero attached hydrogens (tertiary/aromatic N) is 4. The molecule has 23 heavy (non-hydrogen) atoms. The van der Waals surface area contributed by atoms with Crippen molar-refractivity contribution in [3.8, 4) is 11.8 Å². The highest BCUT2D eigenvalue weighted by atomic mass is 19.2. The molecule has 3 rings (SSSR count). The zero-order valence-corrected chi connectivity index (χ0v) is 11.5. The maximum atomic E-state index is 14.1. The Morgan fingerprint density at radius 3 is 2.91 bits per heavy atom. The van der Waals surface area contributed by atoms with E-state index in [1.165, 1.54) is 17.4 Å². The van der Waals surface area contributed by atoms with Crippen LogP contribution in [0.5, 0.6) is 5.75 Å². The number of aromatic nitrogens is 2. The molecule has 1 unspecified atom stereocenters. The van der Waals surface area contributed by atoms with E-state index in [1.54, 1.807) is 0 Å². The van der Waals surface area contributed by atoms with Gasteiger partial charge >= 0.3 is 5.69 Å². The topological polar surface area (TPSA) is 108 Å². The number of ether oxygens (including phenoxy) is 1. The van der Waals surface area contributed by atoms with Crippen molar-refractivity contribution < 1.29 is 18.4 Å². The average molecular weight is 321 g/mol. The first-order valence-corrected chi connectivity index (χ1v) is 6.48. The normalized spacial score (nSPS) is 14.6. The fourth-order valence-corrected chi connectivity index (χ4v) is 2.42. The third kappa shape index (κ3) is 2.32. The minimum Gasteiger partial charge on any atom is -0.486 e. The first-order chi connectivity index (χ1) is 11.0. The number of fused-ring (bicyclic) bond motifs is 1. The minimum atomic E-state index is -1.59. The number of nitro benzene ring substituents is 1. The van der Waals surface area contributed by atoms with Crippen LogP contribution in [0.15, 0.2) is 18.6 Å². The lowest BCUT2D eigenvalue weighted by Crippen LogP contribution is -2.36. The zero-order valence-electron chi connectivity index (χ0n) is 11.5. The molecule has 8 nitrogen and oxygen atoms in total. The number of benzene rings is 1. The van der Waals surface area contributed by atoms with E-state index in [2.05, 4.69) is 9.97 Å². The Bertz CT molecular complexity index is 803. The molecule has 1 atom stereocenters. The molecule has 1 aliphatic heterocycles. The summed E-state index contributed by atoms with van der Waals surface area (Å²) < 4.78 is 32.9. The van der Waals surface area contributed by atoms with Gasteiger partial charge in [0.05, 0.1) is 41.4 Å². The highest BCUT2D eigenvalue weighted by molar-refractivity contribution is 5.67. The number of nitrogens with one attached hydrogen (secondary N) is 1. The first-order valence-electron chi connectivity index (χ1n) is 6.48. The average Bonchev–Trinajstić information content (AvgIpc) is 3.05. The summed E-state index contributed by atoms with van der Waals surface area (Å²) in [5, 5.41) is 20.3. The van der Waals surface area contributed by atoms with Gasteiger partial charge in [0.15, 0.2) is 11.8 Å². The zero-order chi connectivity index (χ0) is 16.6. The van der Waals surface area contributed by atoms with Crippen molar-refractivity contribution in [3.63, 3.8) is 0 Å². The summed E-state index contributed by atoms with van der Waals surface area (Å²) in [4.78, 5) is 17.8. The maximum absolute atomic E-state index is 14.1. The van der Waals surface area contributed by atoms with E-state index >= 15 is 0 Å². The van der Waals surface area contributed by atoms with E-state index < -0.39 is 34.0 Å². The van der Waals surface area contributed by atoms with Crippen molar-refractivity contribution in [2.45, 2.75) is 6.04 Å². The lowest BCUT2D eigenvalue weighted by atomic mass is 10.1. The van der Waals surface area contributed by atoms with Crippen molar-refractivity contribution in [2.75, 3.05) is 18.1 Å². The Balaban J connectivity index is 2.15. The first kappa shape index (κ1) is 14.7. The predicted octanol–water partition coefficient (Wildman–Crippen LogP) is 2.06. The molecule has 0 saturated heterocycles. The monoisotopic (exact) mass is 321 g/mol. The standard InChI is InChI=1S/C13H9F2N5O3/c14-11-8(20(21)22)3-9-13(12(11)15)23-2-1-19(9)10(4-16)7-5-17-6-18-7/h3,5-6,10H,1-2H2,(H,17,18).